The molecule has 3 aliphatic rings. The van der Waals surface area contributed by atoms with Gasteiger partial charge in [0.25, 0.3) is 5.91 Å². The number of hydrogen-bond donors (Lipinski definition) is 2. The van der Waals surface area contributed by atoms with Gasteiger partial charge in [-0.15, -0.1) is 0 Å². The van der Waals surface area contributed by atoms with Gasteiger partial charge in [-0.3, -0.25) is 9.59 Å². The molecule has 1 aromatic heterocycles. The number of benzene rings is 2. The number of carbonyl (C=O) groups excluding carboxylic acids is 2. The second-order valence-corrected chi connectivity index (χ2v) is 11.2. The smallest absolute Gasteiger partial charge is 0.251 e. The Bertz CT molecular complexity index is 1340. The summed E-state index contributed by atoms with van der Waals surface area (Å²) in [4.78, 5) is 33.8. The van der Waals surface area contributed by atoms with Crippen LogP contribution in [0.15, 0.2) is 61.1 Å². The molecule has 3 heterocycles. The molecule has 39 heavy (non-hydrogen) atoms. The number of anilines is 1. The van der Waals surface area contributed by atoms with Crippen LogP contribution < -0.4 is 10.6 Å². The number of imidazole rings is 1. The molecule has 2 N–H and O–H groups in total. The van der Waals surface area contributed by atoms with Gasteiger partial charge in [-0.05, 0) is 62.1 Å². The van der Waals surface area contributed by atoms with Crippen LogP contribution in [-0.4, -0.2) is 58.6 Å². The summed E-state index contributed by atoms with van der Waals surface area (Å²) in [5.74, 6) is 0.140. The maximum atomic E-state index is 14.2. The molecule has 204 valence electrons. The predicted molar refractivity (Wildman–Crippen MR) is 150 cm³/mol. The number of hydrogen-bond acceptors (Lipinski definition) is 5. The lowest BCUT2D eigenvalue weighted by Gasteiger charge is -2.41. The molecule has 8 heteroatoms. The number of amides is 2. The third-order valence-electron chi connectivity index (χ3n) is 8.75. The van der Waals surface area contributed by atoms with E-state index in [4.69, 9.17) is 4.74 Å². The highest BCUT2D eigenvalue weighted by molar-refractivity contribution is 5.95. The molecule has 0 spiro atoms. The summed E-state index contributed by atoms with van der Waals surface area (Å²) in [5.41, 5.74) is 4.77. The van der Waals surface area contributed by atoms with Gasteiger partial charge in [-0.1, -0.05) is 31.0 Å². The standard InChI is InChI=1S/C31H37N5O3/c1-20-17-35(19-32-20)22-13-11-21(12-14-22)30(37)34-27-10-6-4-8-25(27)31(38)36-16-15-24-28(18-39-2)33-26-9-5-3-7-23(26)29(24)36/h3,5,7,9,11-14,17,19,24-25,27-29,33H,4,6,8,10,15-16,18H2,1-2H3,(H,34,37)/t24-,25-,27+,28-,29-/m0/s1. The van der Waals surface area contributed by atoms with E-state index in [-0.39, 0.29) is 35.9 Å². The summed E-state index contributed by atoms with van der Waals surface area (Å²) in [6, 6.07) is 15.9. The van der Waals surface area contributed by atoms with Gasteiger partial charge in [0.1, 0.15) is 0 Å². The van der Waals surface area contributed by atoms with Crippen LogP contribution in [0, 0.1) is 18.8 Å². The molecule has 8 nitrogen and oxygen atoms in total. The van der Waals surface area contributed by atoms with Crippen molar-refractivity contribution in [3.05, 3.63) is 77.9 Å². The van der Waals surface area contributed by atoms with E-state index in [1.54, 1.807) is 13.4 Å². The number of methoxy groups -OCH3 is 1. The molecule has 0 unspecified atom stereocenters. The fraction of sp³-hybridized carbons (Fsp3) is 0.452. The van der Waals surface area contributed by atoms with E-state index in [0.29, 0.717) is 18.1 Å². The lowest BCUT2D eigenvalue weighted by Crippen LogP contribution is -2.50. The van der Waals surface area contributed by atoms with E-state index in [9.17, 15) is 9.59 Å². The number of aromatic nitrogens is 2. The lowest BCUT2D eigenvalue weighted by atomic mass is 9.81. The summed E-state index contributed by atoms with van der Waals surface area (Å²) in [6.45, 7) is 3.29. The fourth-order valence-electron chi connectivity index (χ4n) is 6.83. The maximum Gasteiger partial charge on any atom is 0.251 e. The summed E-state index contributed by atoms with van der Waals surface area (Å²) >= 11 is 0. The molecule has 2 fully saturated rings. The van der Waals surface area contributed by atoms with Crippen LogP contribution in [0.3, 0.4) is 0 Å². The first kappa shape index (κ1) is 25.6. The zero-order valence-electron chi connectivity index (χ0n) is 22.7. The highest BCUT2D eigenvalue weighted by Gasteiger charge is 2.48. The number of nitrogens with zero attached hydrogens (tertiary/aromatic N) is 3. The maximum absolute atomic E-state index is 14.2. The Morgan fingerprint density at radius 3 is 2.64 bits per heavy atom. The van der Waals surface area contributed by atoms with Gasteiger partial charge in [-0.2, -0.15) is 0 Å². The van der Waals surface area contributed by atoms with Crippen molar-refractivity contribution < 1.29 is 14.3 Å². The fourth-order valence-corrected chi connectivity index (χ4v) is 6.83. The van der Waals surface area contributed by atoms with Crippen molar-refractivity contribution in [3.63, 3.8) is 0 Å². The molecular weight excluding hydrogens is 490 g/mol. The van der Waals surface area contributed by atoms with Gasteiger partial charge in [0.2, 0.25) is 5.91 Å². The highest BCUT2D eigenvalue weighted by Crippen LogP contribution is 2.47. The van der Waals surface area contributed by atoms with E-state index in [0.717, 1.165) is 55.7 Å². The Morgan fingerprint density at radius 1 is 1.08 bits per heavy atom. The monoisotopic (exact) mass is 527 g/mol. The van der Waals surface area contributed by atoms with Crippen molar-refractivity contribution in [1.82, 2.24) is 19.8 Å². The van der Waals surface area contributed by atoms with Crippen molar-refractivity contribution in [2.24, 2.45) is 11.8 Å². The van der Waals surface area contributed by atoms with Crippen molar-refractivity contribution in [1.29, 1.82) is 0 Å². The van der Waals surface area contributed by atoms with Gasteiger partial charge >= 0.3 is 0 Å². The van der Waals surface area contributed by atoms with E-state index >= 15 is 0 Å². The molecule has 3 aromatic rings. The minimum absolute atomic E-state index is 0.0349. The largest absolute Gasteiger partial charge is 0.383 e. The lowest BCUT2D eigenvalue weighted by molar-refractivity contribution is -0.139. The highest BCUT2D eigenvalue weighted by atomic mass is 16.5. The van der Waals surface area contributed by atoms with Gasteiger partial charge in [0.05, 0.1) is 36.6 Å². The zero-order chi connectivity index (χ0) is 26.9. The number of fused-ring (bicyclic) bond motifs is 3. The van der Waals surface area contributed by atoms with E-state index in [1.165, 1.54) is 5.56 Å². The molecule has 0 radical (unpaired) electrons. The van der Waals surface area contributed by atoms with Crippen molar-refractivity contribution in [2.45, 2.75) is 57.2 Å². The predicted octanol–water partition coefficient (Wildman–Crippen LogP) is 4.50. The first-order valence-corrected chi connectivity index (χ1v) is 14.1. The molecule has 5 atom stereocenters. The number of para-hydroxylation sites is 1. The van der Waals surface area contributed by atoms with Crippen LogP contribution in [0.2, 0.25) is 0 Å². The Hall–Kier alpha value is -3.65. The number of aryl methyl sites for hydroxylation is 1. The average Bonchev–Trinajstić information content (AvgIpc) is 3.60. The Balaban J connectivity index is 1.19. The molecule has 2 aromatic carbocycles. The summed E-state index contributed by atoms with van der Waals surface area (Å²) in [6.07, 6.45) is 8.31. The molecule has 0 bridgehead atoms. The van der Waals surface area contributed by atoms with E-state index in [1.807, 2.05) is 48.0 Å². The van der Waals surface area contributed by atoms with Crippen molar-refractivity contribution >= 4 is 17.5 Å². The van der Waals surface area contributed by atoms with Gasteiger partial charge in [-0.25, -0.2) is 4.98 Å². The second-order valence-electron chi connectivity index (χ2n) is 11.2. The SMILES string of the molecule is COC[C@@H]1Nc2ccccc2[C@H]2[C@H]1CCN2C(=O)[C@H]1CCCC[C@H]1NC(=O)c1ccc(-n2cnc(C)c2)cc1. The average molecular weight is 528 g/mol. The van der Waals surface area contributed by atoms with Crippen molar-refractivity contribution in [3.8, 4) is 5.69 Å². The van der Waals surface area contributed by atoms with Crippen LogP contribution in [0.25, 0.3) is 5.69 Å². The second kappa shape index (κ2) is 10.8. The van der Waals surface area contributed by atoms with Crippen LogP contribution in [-0.2, 0) is 9.53 Å². The van der Waals surface area contributed by atoms with E-state index in [2.05, 4.69) is 38.7 Å². The van der Waals surface area contributed by atoms with Crippen molar-refractivity contribution in [2.75, 3.05) is 25.6 Å². The van der Waals surface area contributed by atoms with Crippen LogP contribution in [0.5, 0.6) is 0 Å². The van der Waals surface area contributed by atoms with Gasteiger partial charge < -0.3 is 24.8 Å². The molecular formula is C31H37N5O3. The molecule has 2 amide bonds. The number of likely N-dealkylation sites (tertiary alicyclic amines) is 1. The molecule has 6 rings (SSSR count). The normalized spacial score (nSPS) is 25.9. The number of ether oxygens (including phenoxy) is 1. The Kier molecular flexibility index (Phi) is 7.12. The zero-order valence-corrected chi connectivity index (χ0v) is 22.7. The van der Waals surface area contributed by atoms with Crippen LogP contribution in [0.4, 0.5) is 5.69 Å². The molecule has 1 saturated heterocycles. The van der Waals surface area contributed by atoms with Gasteiger partial charge in [0, 0.05) is 48.7 Å². The van der Waals surface area contributed by atoms with Crippen LogP contribution >= 0.6 is 0 Å². The summed E-state index contributed by atoms with van der Waals surface area (Å²) in [7, 11) is 1.73. The van der Waals surface area contributed by atoms with Gasteiger partial charge in [0.15, 0.2) is 0 Å². The summed E-state index contributed by atoms with van der Waals surface area (Å²) in [5, 5.41) is 6.89. The first-order valence-electron chi connectivity index (χ1n) is 14.1. The minimum atomic E-state index is -0.211. The third kappa shape index (κ3) is 4.93. The minimum Gasteiger partial charge on any atom is -0.383 e. The topological polar surface area (TPSA) is 88.5 Å². The molecule has 1 aliphatic carbocycles. The Labute approximate surface area is 229 Å². The molecule has 2 aliphatic heterocycles. The molecule has 1 saturated carbocycles. The number of nitrogens with one attached hydrogen (secondary N) is 2. The van der Waals surface area contributed by atoms with E-state index < -0.39 is 0 Å². The van der Waals surface area contributed by atoms with Crippen LogP contribution in [0.1, 0.15) is 59.8 Å². The third-order valence-corrected chi connectivity index (χ3v) is 8.75. The number of rotatable bonds is 6. The Morgan fingerprint density at radius 2 is 1.87 bits per heavy atom. The summed E-state index contributed by atoms with van der Waals surface area (Å²) < 4.78 is 7.47. The number of carbonyl (C=O) groups is 2. The first-order chi connectivity index (χ1) is 19.0. The quantitative estimate of drug-likeness (QED) is 0.493.